The quantitative estimate of drug-likeness (QED) is 0.487. The van der Waals surface area contributed by atoms with Crippen LogP contribution in [0.4, 0.5) is 0 Å². The molecule has 27 heavy (non-hydrogen) atoms. The van der Waals surface area contributed by atoms with E-state index in [4.69, 9.17) is 4.74 Å². The van der Waals surface area contributed by atoms with E-state index in [1.54, 1.807) is 24.3 Å². The Labute approximate surface area is 159 Å². The lowest BCUT2D eigenvalue weighted by atomic mass is 10.1. The van der Waals surface area contributed by atoms with Gasteiger partial charge in [0.2, 0.25) is 0 Å². The second-order valence-electron chi connectivity index (χ2n) is 6.02. The van der Waals surface area contributed by atoms with Gasteiger partial charge in [-0.15, -0.1) is 0 Å². The fourth-order valence-electron chi connectivity index (χ4n) is 2.60. The Bertz CT molecular complexity index is 889. The third-order valence-corrected chi connectivity index (χ3v) is 4.10. The predicted octanol–water partition coefficient (Wildman–Crippen LogP) is 4.81. The van der Waals surface area contributed by atoms with Crippen LogP contribution in [0.1, 0.15) is 34.8 Å². The molecule has 3 rings (SSSR count). The average molecular weight is 358 g/mol. The molecule has 0 saturated carbocycles. The van der Waals surface area contributed by atoms with Crippen molar-refractivity contribution in [3.63, 3.8) is 0 Å². The summed E-state index contributed by atoms with van der Waals surface area (Å²) in [6.45, 7) is 2.50. The number of benzene rings is 3. The smallest absolute Gasteiger partial charge is 0.271 e. The highest BCUT2D eigenvalue weighted by atomic mass is 16.5. The van der Waals surface area contributed by atoms with Gasteiger partial charge in [-0.25, -0.2) is 5.43 Å². The van der Waals surface area contributed by atoms with Gasteiger partial charge >= 0.3 is 0 Å². The summed E-state index contributed by atoms with van der Waals surface area (Å²) in [5, 5.41) is 4.27. The van der Waals surface area contributed by atoms with Crippen molar-refractivity contribution < 1.29 is 9.53 Å². The second-order valence-corrected chi connectivity index (χ2v) is 6.02. The molecule has 1 amide bonds. The fourth-order valence-corrected chi connectivity index (χ4v) is 2.60. The summed E-state index contributed by atoms with van der Waals surface area (Å²) in [6, 6.07) is 26.8. The molecule has 0 aliphatic rings. The van der Waals surface area contributed by atoms with Gasteiger partial charge < -0.3 is 4.74 Å². The minimum absolute atomic E-state index is 0.244. The molecule has 3 aromatic rings. The van der Waals surface area contributed by atoms with Crippen molar-refractivity contribution in [1.29, 1.82) is 0 Å². The summed E-state index contributed by atoms with van der Waals surface area (Å²) in [4.78, 5) is 12.3. The van der Waals surface area contributed by atoms with Gasteiger partial charge in [0.05, 0.1) is 5.71 Å². The maximum atomic E-state index is 12.3. The highest BCUT2D eigenvalue weighted by Crippen LogP contribution is 2.14. The Morgan fingerprint density at radius 3 is 2.11 bits per heavy atom. The molecule has 0 aliphatic carbocycles. The van der Waals surface area contributed by atoms with Gasteiger partial charge in [0.15, 0.2) is 0 Å². The molecule has 4 heteroatoms. The molecule has 0 heterocycles. The van der Waals surface area contributed by atoms with E-state index in [0.29, 0.717) is 12.2 Å². The molecule has 0 aromatic heterocycles. The highest BCUT2D eigenvalue weighted by molar-refractivity contribution is 6.02. The molecule has 0 bridgehead atoms. The van der Waals surface area contributed by atoms with Crippen LogP contribution >= 0.6 is 0 Å². The first-order valence-corrected chi connectivity index (χ1v) is 8.95. The Balaban J connectivity index is 1.59. The van der Waals surface area contributed by atoms with E-state index >= 15 is 0 Å². The first-order chi connectivity index (χ1) is 13.3. The summed E-state index contributed by atoms with van der Waals surface area (Å²) in [7, 11) is 0. The second kappa shape index (κ2) is 9.34. The van der Waals surface area contributed by atoms with Crippen LogP contribution in [-0.2, 0) is 6.61 Å². The zero-order valence-corrected chi connectivity index (χ0v) is 15.3. The van der Waals surface area contributed by atoms with Crippen LogP contribution in [0.25, 0.3) is 0 Å². The monoisotopic (exact) mass is 358 g/mol. The summed E-state index contributed by atoms with van der Waals surface area (Å²) in [5.74, 6) is 0.476. The molecular formula is C23H22N2O2. The van der Waals surface area contributed by atoms with Crippen LogP contribution in [-0.4, -0.2) is 11.6 Å². The van der Waals surface area contributed by atoms with Gasteiger partial charge in [-0.3, -0.25) is 4.79 Å². The summed E-state index contributed by atoms with van der Waals surface area (Å²) >= 11 is 0. The van der Waals surface area contributed by atoms with Crippen LogP contribution in [0.3, 0.4) is 0 Å². The third kappa shape index (κ3) is 5.28. The molecule has 4 nitrogen and oxygen atoms in total. The number of hydrogen-bond acceptors (Lipinski definition) is 3. The number of rotatable bonds is 7. The first kappa shape index (κ1) is 18.4. The largest absolute Gasteiger partial charge is 0.489 e. The van der Waals surface area contributed by atoms with E-state index in [-0.39, 0.29) is 5.91 Å². The summed E-state index contributed by atoms with van der Waals surface area (Å²) in [5.41, 5.74) is 6.11. The number of hydrogen-bond donors (Lipinski definition) is 1. The van der Waals surface area contributed by atoms with Crippen LogP contribution in [0.5, 0.6) is 5.75 Å². The molecule has 3 aromatic carbocycles. The van der Waals surface area contributed by atoms with Crippen molar-refractivity contribution in [3.8, 4) is 5.75 Å². The standard InChI is InChI=1S/C23H22N2O2/c1-2-22(19-11-7-4-8-12-19)24-25-23(26)20-13-15-21(16-14-20)27-17-18-9-5-3-6-10-18/h3-16H,2,17H2,1H3,(H,25,26). The molecular weight excluding hydrogens is 336 g/mol. The number of nitrogens with one attached hydrogen (secondary N) is 1. The van der Waals surface area contributed by atoms with Gasteiger partial charge in [-0.2, -0.15) is 5.10 Å². The van der Waals surface area contributed by atoms with Crippen molar-refractivity contribution in [1.82, 2.24) is 5.43 Å². The summed E-state index contributed by atoms with van der Waals surface area (Å²) < 4.78 is 5.74. The van der Waals surface area contributed by atoms with E-state index in [0.717, 1.165) is 29.0 Å². The Morgan fingerprint density at radius 1 is 0.852 bits per heavy atom. The molecule has 0 aliphatic heterocycles. The fraction of sp³-hybridized carbons (Fsp3) is 0.130. The minimum atomic E-state index is -0.244. The highest BCUT2D eigenvalue weighted by Gasteiger charge is 2.06. The van der Waals surface area contributed by atoms with Crippen molar-refractivity contribution in [2.45, 2.75) is 20.0 Å². The number of nitrogens with zero attached hydrogens (tertiary/aromatic N) is 1. The molecule has 0 spiro atoms. The first-order valence-electron chi connectivity index (χ1n) is 8.95. The lowest BCUT2D eigenvalue weighted by Gasteiger charge is -2.08. The average Bonchev–Trinajstić information content (AvgIpc) is 2.74. The van der Waals surface area contributed by atoms with Gasteiger partial charge in [-0.05, 0) is 41.8 Å². The van der Waals surface area contributed by atoms with Crippen LogP contribution < -0.4 is 10.2 Å². The van der Waals surface area contributed by atoms with Crippen molar-refractivity contribution in [3.05, 3.63) is 102 Å². The number of amides is 1. The molecule has 136 valence electrons. The topological polar surface area (TPSA) is 50.7 Å². The van der Waals surface area contributed by atoms with E-state index in [1.807, 2.05) is 67.6 Å². The number of ether oxygens (including phenoxy) is 1. The molecule has 0 atom stereocenters. The van der Waals surface area contributed by atoms with E-state index in [2.05, 4.69) is 10.5 Å². The SMILES string of the molecule is CCC(=NNC(=O)c1ccc(OCc2ccccc2)cc1)c1ccccc1. The molecule has 0 radical (unpaired) electrons. The predicted molar refractivity (Wildman–Crippen MR) is 108 cm³/mol. The lowest BCUT2D eigenvalue weighted by Crippen LogP contribution is -2.19. The van der Waals surface area contributed by atoms with Gasteiger partial charge in [0, 0.05) is 5.56 Å². The molecule has 1 N–H and O–H groups in total. The van der Waals surface area contributed by atoms with E-state index in [9.17, 15) is 4.79 Å². The van der Waals surface area contributed by atoms with E-state index < -0.39 is 0 Å². The van der Waals surface area contributed by atoms with Crippen molar-refractivity contribution in [2.24, 2.45) is 5.10 Å². The van der Waals surface area contributed by atoms with Crippen LogP contribution in [0, 0.1) is 0 Å². The maximum Gasteiger partial charge on any atom is 0.271 e. The van der Waals surface area contributed by atoms with Crippen molar-refractivity contribution >= 4 is 11.6 Å². The lowest BCUT2D eigenvalue weighted by molar-refractivity contribution is 0.0954. The Morgan fingerprint density at radius 2 is 1.48 bits per heavy atom. The van der Waals surface area contributed by atoms with Gasteiger partial charge in [0.25, 0.3) is 5.91 Å². The number of carbonyl (C=O) groups is 1. The van der Waals surface area contributed by atoms with Gasteiger partial charge in [-0.1, -0.05) is 67.6 Å². The molecule has 0 unspecified atom stereocenters. The zero-order valence-electron chi connectivity index (χ0n) is 15.3. The molecule has 0 saturated heterocycles. The number of hydrazone groups is 1. The van der Waals surface area contributed by atoms with Crippen LogP contribution in [0.15, 0.2) is 90.0 Å². The zero-order chi connectivity index (χ0) is 18.9. The Hall–Kier alpha value is -3.40. The normalized spacial score (nSPS) is 11.1. The van der Waals surface area contributed by atoms with Crippen molar-refractivity contribution in [2.75, 3.05) is 0 Å². The van der Waals surface area contributed by atoms with Crippen LogP contribution in [0.2, 0.25) is 0 Å². The third-order valence-electron chi connectivity index (χ3n) is 4.10. The van der Waals surface area contributed by atoms with Gasteiger partial charge in [0.1, 0.15) is 12.4 Å². The minimum Gasteiger partial charge on any atom is -0.489 e. The molecule has 0 fully saturated rings. The summed E-state index contributed by atoms with van der Waals surface area (Å²) in [6.07, 6.45) is 0.733. The number of carbonyl (C=O) groups excluding carboxylic acids is 1. The Kier molecular flexibility index (Phi) is 6.36. The maximum absolute atomic E-state index is 12.3. The van der Waals surface area contributed by atoms with E-state index in [1.165, 1.54) is 0 Å².